The second-order valence-electron chi connectivity index (χ2n) is 5.79. The van der Waals surface area contributed by atoms with Gasteiger partial charge in [-0.1, -0.05) is 12.1 Å². The summed E-state index contributed by atoms with van der Waals surface area (Å²) in [6.07, 6.45) is 2.69. The van der Waals surface area contributed by atoms with Gasteiger partial charge in [0.1, 0.15) is 5.82 Å². The minimum atomic E-state index is -0.479. The molecular formula is C19H18FN3O2S. The molecular weight excluding hydrogens is 353 g/mol. The third-order valence-electron chi connectivity index (χ3n) is 3.80. The molecule has 0 bridgehead atoms. The predicted molar refractivity (Wildman–Crippen MR) is 99.2 cm³/mol. The van der Waals surface area contributed by atoms with Gasteiger partial charge in [-0.25, -0.2) is 9.37 Å². The van der Waals surface area contributed by atoms with Crippen molar-refractivity contribution in [3.8, 4) is 0 Å². The van der Waals surface area contributed by atoms with Gasteiger partial charge in [-0.15, -0.1) is 11.3 Å². The van der Waals surface area contributed by atoms with Gasteiger partial charge < -0.3 is 0 Å². The molecule has 3 rings (SSSR count). The number of benzene rings is 2. The molecule has 0 aliphatic rings. The monoisotopic (exact) mass is 371 g/mol. The van der Waals surface area contributed by atoms with Crippen molar-refractivity contribution in [2.75, 3.05) is 0 Å². The van der Waals surface area contributed by atoms with Crippen LogP contribution >= 0.6 is 11.3 Å². The molecule has 0 fully saturated rings. The first-order chi connectivity index (χ1) is 12.6. The van der Waals surface area contributed by atoms with E-state index in [1.54, 1.807) is 11.3 Å². The summed E-state index contributed by atoms with van der Waals surface area (Å²) in [6.45, 7) is 0. The number of amides is 2. The fraction of sp³-hybridized carbons (Fsp3) is 0.211. The van der Waals surface area contributed by atoms with Crippen LogP contribution in [0.4, 0.5) is 4.39 Å². The highest BCUT2D eigenvalue weighted by Crippen LogP contribution is 2.22. The Kier molecular flexibility index (Phi) is 5.91. The fourth-order valence-electron chi connectivity index (χ4n) is 2.45. The minimum Gasteiger partial charge on any atom is -0.273 e. The topological polar surface area (TPSA) is 71.1 Å². The molecule has 0 aliphatic carbocycles. The van der Waals surface area contributed by atoms with Crippen LogP contribution in [0.2, 0.25) is 0 Å². The van der Waals surface area contributed by atoms with E-state index in [2.05, 4.69) is 15.8 Å². The van der Waals surface area contributed by atoms with E-state index >= 15 is 0 Å². The first-order valence-corrected chi connectivity index (χ1v) is 9.13. The molecule has 1 aromatic heterocycles. The Labute approximate surface area is 154 Å². The third kappa shape index (κ3) is 4.86. The number of halogens is 1. The van der Waals surface area contributed by atoms with Crippen molar-refractivity contribution in [3.05, 3.63) is 64.9 Å². The number of hydrogen-bond donors (Lipinski definition) is 2. The number of aryl methyl sites for hydroxylation is 1. The molecule has 3 aromatic rings. The number of aromatic nitrogens is 1. The second-order valence-corrected chi connectivity index (χ2v) is 6.91. The van der Waals surface area contributed by atoms with Crippen LogP contribution < -0.4 is 10.9 Å². The van der Waals surface area contributed by atoms with Gasteiger partial charge in [-0.3, -0.25) is 20.4 Å². The van der Waals surface area contributed by atoms with E-state index in [4.69, 9.17) is 0 Å². The molecule has 134 valence electrons. The number of hydrazine groups is 1. The number of nitrogens with zero attached hydrogens (tertiary/aromatic N) is 1. The first kappa shape index (κ1) is 18.0. The highest BCUT2D eigenvalue weighted by molar-refractivity contribution is 7.18. The SMILES string of the molecule is O=C(CCCCc1nc2ccccc2s1)NNC(=O)c1ccc(F)cc1. The van der Waals surface area contributed by atoms with Crippen LogP contribution in [0.3, 0.4) is 0 Å². The second kappa shape index (κ2) is 8.53. The van der Waals surface area contributed by atoms with E-state index in [1.807, 2.05) is 24.3 Å². The Morgan fingerprint density at radius 3 is 2.54 bits per heavy atom. The maximum Gasteiger partial charge on any atom is 0.269 e. The van der Waals surface area contributed by atoms with E-state index in [9.17, 15) is 14.0 Å². The molecule has 5 nitrogen and oxygen atoms in total. The van der Waals surface area contributed by atoms with E-state index in [0.717, 1.165) is 23.4 Å². The molecule has 26 heavy (non-hydrogen) atoms. The Hall–Kier alpha value is -2.80. The summed E-state index contributed by atoms with van der Waals surface area (Å²) in [6, 6.07) is 13.1. The summed E-state index contributed by atoms with van der Waals surface area (Å²) in [5.41, 5.74) is 5.98. The van der Waals surface area contributed by atoms with E-state index in [1.165, 1.54) is 29.0 Å². The molecule has 2 amide bonds. The Morgan fingerprint density at radius 1 is 1.00 bits per heavy atom. The minimum absolute atomic E-state index is 0.259. The molecule has 0 unspecified atom stereocenters. The van der Waals surface area contributed by atoms with Gasteiger partial charge in [0.25, 0.3) is 5.91 Å². The van der Waals surface area contributed by atoms with Gasteiger partial charge in [-0.05, 0) is 55.7 Å². The first-order valence-electron chi connectivity index (χ1n) is 8.31. The number of rotatable bonds is 6. The van der Waals surface area contributed by atoms with Gasteiger partial charge in [0, 0.05) is 12.0 Å². The lowest BCUT2D eigenvalue weighted by atomic mass is 10.2. The van der Waals surface area contributed by atoms with Crippen LogP contribution in [0.15, 0.2) is 48.5 Å². The third-order valence-corrected chi connectivity index (χ3v) is 4.90. The largest absolute Gasteiger partial charge is 0.273 e. The smallest absolute Gasteiger partial charge is 0.269 e. The number of unbranched alkanes of at least 4 members (excludes halogenated alkanes) is 1. The summed E-state index contributed by atoms with van der Waals surface area (Å²) in [5, 5.41) is 1.07. The van der Waals surface area contributed by atoms with Crippen LogP contribution in [0, 0.1) is 5.82 Å². The number of fused-ring (bicyclic) bond motifs is 1. The van der Waals surface area contributed by atoms with E-state index in [-0.39, 0.29) is 11.5 Å². The van der Waals surface area contributed by atoms with Gasteiger partial charge >= 0.3 is 0 Å². The Balaban J connectivity index is 1.36. The molecule has 7 heteroatoms. The van der Waals surface area contributed by atoms with Crippen molar-refractivity contribution >= 4 is 33.4 Å². The Morgan fingerprint density at radius 2 is 1.77 bits per heavy atom. The lowest BCUT2D eigenvalue weighted by Crippen LogP contribution is -2.41. The van der Waals surface area contributed by atoms with Gasteiger partial charge in [0.15, 0.2) is 0 Å². The van der Waals surface area contributed by atoms with Crippen LogP contribution in [-0.2, 0) is 11.2 Å². The summed E-state index contributed by atoms with van der Waals surface area (Å²) in [4.78, 5) is 28.2. The molecule has 1 heterocycles. The molecule has 0 spiro atoms. The number of carbonyl (C=O) groups is 2. The van der Waals surface area contributed by atoms with Crippen molar-refractivity contribution < 1.29 is 14.0 Å². The predicted octanol–water partition coefficient (Wildman–Crippen LogP) is 3.61. The quantitative estimate of drug-likeness (QED) is 0.514. The highest BCUT2D eigenvalue weighted by atomic mass is 32.1. The van der Waals surface area contributed by atoms with E-state index in [0.29, 0.717) is 12.8 Å². The summed E-state index contributed by atoms with van der Waals surface area (Å²) in [5.74, 6) is -1.16. The van der Waals surface area contributed by atoms with Crippen molar-refractivity contribution in [3.63, 3.8) is 0 Å². The number of para-hydroxylation sites is 1. The van der Waals surface area contributed by atoms with Crippen LogP contribution in [-0.4, -0.2) is 16.8 Å². The zero-order chi connectivity index (χ0) is 18.4. The molecule has 0 saturated heterocycles. The van der Waals surface area contributed by atoms with E-state index < -0.39 is 11.7 Å². The van der Waals surface area contributed by atoms with Crippen LogP contribution in [0.25, 0.3) is 10.2 Å². The lowest BCUT2D eigenvalue weighted by molar-refractivity contribution is -0.121. The molecule has 0 aliphatic heterocycles. The van der Waals surface area contributed by atoms with Gasteiger partial charge in [0.05, 0.1) is 15.2 Å². The van der Waals surface area contributed by atoms with Gasteiger partial charge in [-0.2, -0.15) is 0 Å². The molecule has 0 saturated carbocycles. The zero-order valence-corrected chi connectivity index (χ0v) is 14.8. The maximum atomic E-state index is 12.8. The highest BCUT2D eigenvalue weighted by Gasteiger charge is 2.08. The van der Waals surface area contributed by atoms with Gasteiger partial charge in [0.2, 0.25) is 5.91 Å². The average Bonchev–Trinajstić information content (AvgIpc) is 3.06. The maximum absolute atomic E-state index is 12.8. The standard InChI is InChI=1S/C19H18FN3O2S/c20-14-11-9-13(10-12-14)19(25)23-22-17(24)7-3-4-8-18-21-15-5-1-2-6-16(15)26-18/h1-2,5-6,9-12H,3-4,7-8H2,(H,22,24)(H,23,25). The number of hydrogen-bond acceptors (Lipinski definition) is 4. The normalized spacial score (nSPS) is 10.7. The van der Waals surface area contributed by atoms with Crippen molar-refractivity contribution in [2.45, 2.75) is 25.7 Å². The number of carbonyl (C=O) groups excluding carboxylic acids is 2. The Bertz CT molecular complexity index is 876. The molecule has 2 N–H and O–H groups in total. The van der Waals surface area contributed by atoms with Crippen LogP contribution in [0.1, 0.15) is 34.6 Å². The zero-order valence-electron chi connectivity index (χ0n) is 14.0. The number of nitrogens with one attached hydrogen (secondary N) is 2. The molecule has 2 aromatic carbocycles. The summed E-state index contributed by atoms with van der Waals surface area (Å²) < 4.78 is 14.0. The van der Waals surface area contributed by atoms with Crippen molar-refractivity contribution in [1.82, 2.24) is 15.8 Å². The summed E-state index contributed by atoms with van der Waals surface area (Å²) >= 11 is 1.67. The van der Waals surface area contributed by atoms with Crippen molar-refractivity contribution in [2.24, 2.45) is 0 Å². The van der Waals surface area contributed by atoms with Crippen LogP contribution in [0.5, 0.6) is 0 Å². The van der Waals surface area contributed by atoms with Crippen molar-refractivity contribution in [1.29, 1.82) is 0 Å². The molecule has 0 radical (unpaired) electrons. The average molecular weight is 371 g/mol. The fourth-order valence-corrected chi connectivity index (χ4v) is 3.46. The lowest BCUT2D eigenvalue weighted by Gasteiger charge is -2.07. The molecule has 0 atom stereocenters. The summed E-state index contributed by atoms with van der Waals surface area (Å²) in [7, 11) is 0. The number of thiazole rings is 1.